The van der Waals surface area contributed by atoms with Crippen molar-refractivity contribution in [3.63, 3.8) is 0 Å². The highest BCUT2D eigenvalue weighted by atomic mass is 35.5. The third kappa shape index (κ3) is 6.02. The fraction of sp³-hybridized carbons (Fsp3) is 0.688. The first-order chi connectivity index (χ1) is 11.3. The van der Waals surface area contributed by atoms with Crippen molar-refractivity contribution in [1.82, 2.24) is 15.3 Å². The molecule has 0 radical (unpaired) electrons. The van der Waals surface area contributed by atoms with Crippen LogP contribution in [0.5, 0.6) is 0 Å². The summed E-state index contributed by atoms with van der Waals surface area (Å²) in [6, 6.07) is 1.80. The smallest absolute Gasteiger partial charge is 0.407 e. The van der Waals surface area contributed by atoms with Gasteiger partial charge in [0.1, 0.15) is 16.6 Å². The monoisotopic (exact) mass is 372 g/mol. The lowest BCUT2D eigenvalue weighted by Gasteiger charge is -2.34. The summed E-state index contributed by atoms with van der Waals surface area (Å²) >= 11 is 7.56. The van der Waals surface area contributed by atoms with Crippen molar-refractivity contribution < 1.29 is 9.53 Å². The molecular weight excluding hydrogens is 348 g/mol. The number of anilines is 1. The van der Waals surface area contributed by atoms with Crippen molar-refractivity contribution >= 4 is 35.3 Å². The number of nitrogens with zero attached hydrogens (tertiary/aromatic N) is 3. The van der Waals surface area contributed by atoms with E-state index >= 15 is 0 Å². The number of ether oxygens (including phenoxy) is 1. The van der Waals surface area contributed by atoms with Crippen molar-refractivity contribution in [2.75, 3.05) is 30.8 Å². The van der Waals surface area contributed by atoms with Gasteiger partial charge in [-0.25, -0.2) is 14.8 Å². The predicted molar refractivity (Wildman–Crippen MR) is 98.0 cm³/mol. The summed E-state index contributed by atoms with van der Waals surface area (Å²) < 4.78 is 5.28. The van der Waals surface area contributed by atoms with Crippen LogP contribution in [0.15, 0.2) is 11.2 Å². The zero-order valence-corrected chi connectivity index (χ0v) is 16.2. The SMILES string of the molecule is CSc1nc(Cl)cc(N2CCCC(CNC(=O)OC(C)(C)C)C2)n1. The van der Waals surface area contributed by atoms with E-state index in [-0.39, 0.29) is 6.09 Å². The molecule has 1 aromatic heterocycles. The Hall–Kier alpha value is -1.21. The molecule has 0 saturated carbocycles. The lowest BCUT2D eigenvalue weighted by molar-refractivity contribution is 0.0517. The molecule has 0 bridgehead atoms. The molecule has 1 fully saturated rings. The molecule has 1 amide bonds. The van der Waals surface area contributed by atoms with Crippen molar-refractivity contribution in [3.05, 3.63) is 11.2 Å². The van der Waals surface area contributed by atoms with Crippen LogP contribution in [0.3, 0.4) is 0 Å². The Kier molecular flexibility index (Phi) is 6.57. The lowest BCUT2D eigenvalue weighted by atomic mass is 9.98. The summed E-state index contributed by atoms with van der Waals surface area (Å²) in [5.41, 5.74) is -0.478. The fourth-order valence-electron chi connectivity index (χ4n) is 2.62. The van der Waals surface area contributed by atoms with Gasteiger partial charge in [0.25, 0.3) is 0 Å². The molecule has 134 valence electrons. The van der Waals surface area contributed by atoms with E-state index in [1.54, 1.807) is 6.07 Å². The summed E-state index contributed by atoms with van der Waals surface area (Å²) in [4.78, 5) is 22.7. The molecule has 1 aliphatic heterocycles. The Morgan fingerprint density at radius 3 is 2.92 bits per heavy atom. The van der Waals surface area contributed by atoms with Gasteiger partial charge in [0.15, 0.2) is 5.16 Å². The van der Waals surface area contributed by atoms with Gasteiger partial charge in [0.2, 0.25) is 0 Å². The van der Waals surface area contributed by atoms with Gasteiger partial charge >= 0.3 is 6.09 Å². The van der Waals surface area contributed by atoms with Gasteiger partial charge < -0.3 is 15.0 Å². The average Bonchev–Trinajstić information content (AvgIpc) is 2.51. The molecule has 1 aromatic rings. The van der Waals surface area contributed by atoms with Crippen LogP contribution in [0.2, 0.25) is 5.15 Å². The summed E-state index contributed by atoms with van der Waals surface area (Å²) in [6.45, 7) is 7.94. The fourth-order valence-corrected chi connectivity index (χ4v) is 3.22. The second-order valence-corrected chi connectivity index (χ2v) is 8.03. The van der Waals surface area contributed by atoms with Crippen LogP contribution in [0.25, 0.3) is 0 Å². The molecular formula is C16H25ClN4O2S. The van der Waals surface area contributed by atoms with Gasteiger partial charge in [-0.05, 0) is 45.8 Å². The summed E-state index contributed by atoms with van der Waals surface area (Å²) in [5, 5.41) is 3.99. The zero-order valence-electron chi connectivity index (χ0n) is 14.6. The number of rotatable bonds is 4. The van der Waals surface area contributed by atoms with E-state index in [0.29, 0.717) is 22.8 Å². The van der Waals surface area contributed by atoms with Gasteiger partial charge in [0, 0.05) is 25.7 Å². The van der Waals surface area contributed by atoms with Crippen LogP contribution < -0.4 is 10.2 Å². The second kappa shape index (κ2) is 8.25. The molecule has 1 saturated heterocycles. The number of hydrogen-bond donors (Lipinski definition) is 1. The van der Waals surface area contributed by atoms with Gasteiger partial charge in [-0.15, -0.1) is 0 Å². The summed E-state index contributed by atoms with van der Waals surface area (Å²) in [5.74, 6) is 1.21. The molecule has 8 heteroatoms. The molecule has 2 heterocycles. The molecule has 1 atom stereocenters. The van der Waals surface area contributed by atoms with Gasteiger partial charge in [-0.1, -0.05) is 23.4 Å². The van der Waals surface area contributed by atoms with Crippen LogP contribution in [0.4, 0.5) is 10.6 Å². The van der Waals surface area contributed by atoms with E-state index in [0.717, 1.165) is 31.7 Å². The molecule has 0 aromatic carbocycles. The van der Waals surface area contributed by atoms with E-state index in [1.807, 2.05) is 27.0 Å². The molecule has 24 heavy (non-hydrogen) atoms. The number of halogens is 1. The van der Waals surface area contributed by atoms with Crippen LogP contribution in [-0.4, -0.2) is 47.6 Å². The first-order valence-corrected chi connectivity index (χ1v) is 9.67. The highest BCUT2D eigenvalue weighted by Gasteiger charge is 2.23. The molecule has 1 aliphatic rings. The molecule has 0 spiro atoms. The van der Waals surface area contributed by atoms with Crippen molar-refractivity contribution in [3.8, 4) is 0 Å². The molecule has 0 aliphatic carbocycles. The number of thioether (sulfide) groups is 1. The van der Waals surface area contributed by atoms with Gasteiger partial charge in [0.05, 0.1) is 0 Å². The standard InChI is InChI=1S/C16H25ClN4O2S/c1-16(2,3)23-15(22)18-9-11-6-5-7-21(10-11)13-8-12(17)19-14(20-13)24-4/h8,11H,5-7,9-10H2,1-4H3,(H,18,22). The van der Waals surface area contributed by atoms with E-state index in [1.165, 1.54) is 11.8 Å². The Labute approximate surface area is 152 Å². The van der Waals surface area contributed by atoms with E-state index in [2.05, 4.69) is 20.2 Å². The van der Waals surface area contributed by atoms with Crippen molar-refractivity contribution in [2.45, 2.75) is 44.4 Å². The average molecular weight is 373 g/mol. The minimum atomic E-state index is -0.478. The Bertz CT molecular complexity index is 580. The Balaban J connectivity index is 1.92. The minimum absolute atomic E-state index is 0.359. The lowest BCUT2D eigenvalue weighted by Crippen LogP contribution is -2.42. The summed E-state index contributed by atoms with van der Waals surface area (Å²) in [6.07, 6.45) is 3.69. The Morgan fingerprint density at radius 2 is 2.25 bits per heavy atom. The number of hydrogen-bond acceptors (Lipinski definition) is 6. The molecule has 1 N–H and O–H groups in total. The van der Waals surface area contributed by atoms with E-state index < -0.39 is 5.60 Å². The van der Waals surface area contributed by atoms with Crippen LogP contribution in [0.1, 0.15) is 33.6 Å². The van der Waals surface area contributed by atoms with Crippen LogP contribution in [-0.2, 0) is 4.74 Å². The van der Waals surface area contributed by atoms with Gasteiger partial charge in [-0.3, -0.25) is 0 Å². The predicted octanol–water partition coefficient (Wildman–Crippen LogP) is 3.59. The second-order valence-electron chi connectivity index (χ2n) is 6.87. The zero-order chi connectivity index (χ0) is 17.7. The van der Waals surface area contributed by atoms with Crippen molar-refractivity contribution in [1.29, 1.82) is 0 Å². The molecule has 1 unspecified atom stereocenters. The molecule has 6 nitrogen and oxygen atoms in total. The Morgan fingerprint density at radius 1 is 1.50 bits per heavy atom. The first-order valence-electron chi connectivity index (χ1n) is 8.07. The quantitative estimate of drug-likeness (QED) is 0.495. The normalized spacial score (nSPS) is 18.4. The maximum Gasteiger partial charge on any atom is 0.407 e. The third-order valence-electron chi connectivity index (χ3n) is 3.62. The number of nitrogens with one attached hydrogen (secondary N) is 1. The molecule has 2 rings (SSSR count). The van der Waals surface area contributed by atoms with E-state index in [4.69, 9.17) is 16.3 Å². The number of alkyl carbamates (subject to hydrolysis) is 1. The largest absolute Gasteiger partial charge is 0.444 e. The number of carbonyl (C=O) groups excluding carboxylic acids is 1. The first kappa shape index (κ1) is 19.1. The number of aromatic nitrogens is 2. The highest BCUT2D eigenvalue weighted by Crippen LogP contribution is 2.25. The topological polar surface area (TPSA) is 67.4 Å². The number of piperidine rings is 1. The van der Waals surface area contributed by atoms with E-state index in [9.17, 15) is 4.79 Å². The van der Waals surface area contributed by atoms with Crippen LogP contribution >= 0.6 is 23.4 Å². The third-order valence-corrected chi connectivity index (χ3v) is 4.36. The summed E-state index contributed by atoms with van der Waals surface area (Å²) in [7, 11) is 0. The minimum Gasteiger partial charge on any atom is -0.444 e. The van der Waals surface area contributed by atoms with Crippen LogP contribution in [0, 0.1) is 5.92 Å². The highest BCUT2D eigenvalue weighted by molar-refractivity contribution is 7.98. The van der Waals surface area contributed by atoms with Gasteiger partial charge in [-0.2, -0.15) is 0 Å². The maximum atomic E-state index is 11.8. The number of carbonyl (C=O) groups is 1. The maximum absolute atomic E-state index is 11.8. The number of amides is 1. The van der Waals surface area contributed by atoms with Crippen molar-refractivity contribution in [2.24, 2.45) is 5.92 Å².